The van der Waals surface area contributed by atoms with Crippen LogP contribution in [0, 0.1) is 0 Å². The lowest BCUT2D eigenvalue weighted by atomic mass is 10.0. The SMILES string of the molecule is O=C(Nc1ccccc1-n1cccn1)N[C@@H]1CNCC[C@H]1O. The van der Waals surface area contributed by atoms with Crippen molar-refractivity contribution in [2.45, 2.75) is 18.6 Å². The molecular weight excluding hydrogens is 282 g/mol. The maximum atomic E-state index is 12.2. The first kappa shape index (κ1) is 14.6. The largest absolute Gasteiger partial charge is 0.391 e. The predicted octanol–water partition coefficient (Wildman–Crippen LogP) is 0.717. The van der Waals surface area contributed by atoms with Crippen molar-refractivity contribution in [2.75, 3.05) is 18.4 Å². The minimum atomic E-state index is -0.520. The lowest BCUT2D eigenvalue weighted by Gasteiger charge is -2.29. The van der Waals surface area contributed by atoms with Crippen LogP contribution >= 0.6 is 0 Å². The summed E-state index contributed by atoms with van der Waals surface area (Å²) in [6.07, 6.45) is 3.61. The number of amides is 2. The highest BCUT2D eigenvalue weighted by molar-refractivity contribution is 5.91. The van der Waals surface area contributed by atoms with Gasteiger partial charge in [0, 0.05) is 18.9 Å². The summed E-state index contributed by atoms with van der Waals surface area (Å²) in [5, 5.41) is 22.8. The van der Waals surface area contributed by atoms with Crippen LogP contribution in [0.4, 0.5) is 10.5 Å². The van der Waals surface area contributed by atoms with E-state index in [9.17, 15) is 9.90 Å². The third-order valence-electron chi connectivity index (χ3n) is 3.67. The maximum absolute atomic E-state index is 12.2. The van der Waals surface area contributed by atoms with Gasteiger partial charge in [0.25, 0.3) is 0 Å². The Morgan fingerprint density at radius 1 is 1.36 bits per heavy atom. The zero-order chi connectivity index (χ0) is 15.4. The van der Waals surface area contributed by atoms with Crippen molar-refractivity contribution in [2.24, 2.45) is 0 Å². The van der Waals surface area contributed by atoms with Crippen molar-refractivity contribution in [1.82, 2.24) is 20.4 Å². The number of carbonyl (C=O) groups is 1. The van der Waals surface area contributed by atoms with Gasteiger partial charge in [-0.1, -0.05) is 12.1 Å². The number of nitrogens with zero attached hydrogens (tertiary/aromatic N) is 2. The van der Waals surface area contributed by atoms with E-state index in [-0.39, 0.29) is 12.1 Å². The van der Waals surface area contributed by atoms with Gasteiger partial charge in [-0.2, -0.15) is 5.10 Å². The number of carbonyl (C=O) groups excluding carboxylic acids is 1. The third kappa shape index (κ3) is 3.26. The Balaban J connectivity index is 1.69. The van der Waals surface area contributed by atoms with Gasteiger partial charge in [-0.15, -0.1) is 0 Å². The van der Waals surface area contributed by atoms with Gasteiger partial charge < -0.3 is 21.1 Å². The summed E-state index contributed by atoms with van der Waals surface area (Å²) in [7, 11) is 0. The third-order valence-corrected chi connectivity index (χ3v) is 3.67. The highest BCUT2D eigenvalue weighted by Crippen LogP contribution is 2.18. The zero-order valence-electron chi connectivity index (χ0n) is 12.1. The molecule has 2 atom stereocenters. The molecule has 7 nitrogen and oxygen atoms in total. The molecule has 0 radical (unpaired) electrons. The molecule has 0 bridgehead atoms. The van der Waals surface area contributed by atoms with Gasteiger partial charge in [-0.05, 0) is 31.2 Å². The van der Waals surface area contributed by atoms with Crippen LogP contribution in [-0.4, -0.2) is 46.2 Å². The first-order chi connectivity index (χ1) is 10.7. The van der Waals surface area contributed by atoms with Crippen molar-refractivity contribution in [1.29, 1.82) is 0 Å². The Hall–Kier alpha value is -2.38. The molecule has 4 N–H and O–H groups in total. The molecule has 1 aliphatic heterocycles. The van der Waals surface area contributed by atoms with Crippen molar-refractivity contribution in [3.63, 3.8) is 0 Å². The molecule has 1 saturated heterocycles. The molecule has 0 unspecified atom stereocenters. The summed E-state index contributed by atoms with van der Waals surface area (Å²) >= 11 is 0. The smallest absolute Gasteiger partial charge is 0.319 e. The maximum Gasteiger partial charge on any atom is 0.319 e. The van der Waals surface area contributed by atoms with Crippen LogP contribution in [0.15, 0.2) is 42.7 Å². The molecule has 1 aromatic heterocycles. The second kappa shape index (κ2) is 6.59. The summed E-state index contributed by atoms with van der Waals surface area (Å²) < 4.78 is 1.69. The Morgan fingerprint density at radius 3 is 3.00 bits per heavy atom. The predicted molar refractivity (Wildman–Crippen MR) is 83.0 cm³/mol. The number of hydrogen-bond donors (Lipinski definition) is 4. The number of nitrogens with one attached hydrogen (secondary N) is 3. The number of anilines is 1. The van der Waals surface area contributed by atoms with Crippen molar-refractivity contribution >= 4 is 11.7 Å². The minimum Gasteiger partial charge on any atom is -0.391 e. The molecule has 1 aliphatic rings. The molecule has 1 aromatic carbocycles. The molecule has 2 amide bonds. The van der Waals surface area contributed by atoms with Gasteiger partial charge >= 0.3 is 6.03 Å². The molecule has 2 heterocycles. The number of hydrogen-bond acceptors (Lipinski definition) is 4. The summed E-state index contributed by atoms with van der Waals surface area (Å²) in [4.78, 5) is 12.2. The summed E-state index contributed by atoms with van der Waals surface area (Å²) in [6.45, 7) is 1.33. The molecule has 3 rings (SSSR count). The number of rotatable bonds is 3. The van der Waals surface area contributed by atoms with E-state index in [0.29, 0.717) is 18.7 Å². The molecule has 116 valence electrons. The van der Waals surface area contributed by atoms with Gasteiger partial charge in [0.05, 0.1) is 23.5 Å². The summed E-state index contributed by atoms with van der Waals surface area (Å²) in [6, 6.07) is 8.61. The van der Waals surface area contributed by atoms with E-state index in [1.807, 2.05) is 36.5 Å². The van der Waals surface area contributed by atoms with E-state index >= 15 is 0 Å². The topological polar surface area (TPSA) is 91.2 Å². The minimum absolute atomic E-state index is 0.286. The number of aromatic nitrogens is 2. The van der Waals surface area contributed by atoms with Crippen LogP contribution in [0.25, 0.3) is 5.69 Å². The van der Waals surface area contributed by atoms with Crippen molar-refractivity contribution in [3.8, 4) is 5.69 Å². The van der Waals surface area contributed by atoms with Crippen LogP contribution in [0.3, 0.4) is 0 Å². The van der Waals surface area contributed by atoms with Crippen LogP contribution in [0.5, 0.6) is 0 Å². The number of aliphatic hydroxyl groups is 1. The molecule has 22 heavy (non-hydrogen) atoms. The molecule has 7 heteroatoms. The van der Waals surface area contributed by atoms with E-state index in [4.69, 9.17) is 0 Å². The second-order valence-electron chi connectivity index (χ2n) is 5.23. The number of aliphatic hydroxyl groups excluding tert-OH is 1. The van der Waals surface area contributed by atoms with Gasteiger partial charge in [0.15, 0.2) is 0 Å². The van der Waals surface area contributed by atoms with Crippen LogP contribution in [-0.2, 0) is 0 Å². The van der Waals surface area contributed by atoms with Crippen LogP contribution in [0.1, 0.15) is 6.42 Å². The molecule has 0 aliphatic carbocycles. The Labute approximate surface area is 128 Å². The van der Waals surface area contributed by atoms with Gasteiger partial charge in [0.2, 0.25) is 0 Å². The highest BCUT2D eigenvalue weighted by Gasteiger charge is 2.24. The van der Waals surface area contributed by atoms with Crippen molar-refractivity contribution < 1.29 is 9.90 Å². The Bertz CT molecular complexity index is 629. The standard InChI is InChI=1S/C15H19N5O2/c21-14-6-8-16-10-12(14)19-15(22)18-11-4-1-2-5-13(11)20-9-3-7-17-20/h1-5,7,9,12,14,16,21H,6,8,10H2,(H2,18,19,22)/t12-,14-/m1/s1. The number of piperidine rings is 1. The molecule has 0 spiro atoms. The first-order valence-electron chi connectivity index (χ1n) is 7.29. The fourth-order valence-corrected chi connectivity index (χ4v) is 2.51. The van der Waals surface area contributed by atoms with Crippen LogP contribution in [0.2, 0.25) is 0 Å². The first-order valence-corrected chi connectivity index (χ1v) is 7.29. The molecule has 1 fully saturated rings. The zero-order valence-corrected chi connectivity index (χ0v) is 12.1. The van der Waals surface area contributed by atoms with E-state index in [2.05, 4.69) is 21.0 Å². The fourth-order valence-electron chi connectivity index (χ4n) is 2.51. The average molecular weight is 301 g/mol. The van der Waals surface area contributed by atoms with E-state index < -0.39 is 6.10 Å². The summed E-state index contributed by atoms with van der Waals surface area (Å²) in [5.41, 5.74) is 1.44. The highest BCUT2D eigenvalue weighted by atomic mass is 16.3. The Kier molecular flexibility index (Phi) is 4.36. The second-order valence-corrected chi connectivity index (χ2v) is 5.23. The molecular formula is C15H19N5O2. The van der Waals surface area contributed by atoms with E-state index in [1.54, 1.807) is 10.9 Å². The number of benzene rings is 1. The fraction of sp³-hybridized carbons (Fsp3) is 0.333. The van der Waals surface area contributed by atoms with E-state index in [0.717, 1.165) is 12.2 Å². The van der Waals surface area contributed by atoms with Gasteiger partial charge in [-0.25, -0.2) is 9.48 Å². The Morgan fingerprint density at radius 2 is 2.23 bits per heavy atom. The average Bonchev–Trinajstić information content (AvgIpc) is 3.04. The van der Waals surface area contributed by atoms with Gasteiger partial charge in [0.1, 0.15) is 0 Å². The van der Waals surface area contributed by atoms with Gasteiger partial charge in [-0.3, -0.25) is 0 Å². The lowest BCUT2D eigenvalue weighted by molar-refractivity contribution is 0.103. The lowest BCUT2D eigenvalue weighted by Crippen LogP contribution is -2.54. The molecule has 0 saturated carbocycles. The molecule has 2 aromatic rings. The number of urea groups is 1. The monoisotopic (exact) mass is 301 g/mol. The normalized spacial score (nSPS) is 21.3. The number of para-hydroxylation sites is 2. The van der Waals surface area contributed by atoms with Crippen molar-refractivity contribution in [3.05, 3.63) is 42.7 Å². The quantitative estimate of drug-likeness (QED) is 0.672. The van der Waals surface area contributed by atoms with E-state index in [1.165, 1.54) is 0 Å². The van der Waals surface area contributed by atoms with Crippen LogP contribution < -0.4 is 16.0 Å². The summed E-state index contributed by atoms with van der Waals surface area (Å²) in [5.74, 6) is 0.